The van der Waals surface area contributed by atoms with Crippen molar-refractivity contribution in [2.24, 2.45) is 5.92 Å². The van der Waals surface area contributed by atoms with Gasteiger partial charge < -0.3 is 19.7 Å². The Balaban J connectivity index is 1.18. The van der Waals surface area contributed by atoms with Gasteiger partial charge in [-0.05, 0) is 55.5 Å². The maximum atomic E-state index is 13.0. The van der Waals surface area contributed by atoms with E-state index in [4.69, 9.17) is 9.47 Å². The van der Waals surface area contributed by atoms with Crippen LogP contribution in [-0.2, 0) is 16.4 Å². The Hall–Kier alpha value is -2.97. The Kier molecular flexibility index (Phi) is 6.51. The lowest BCUT2D eigenvalue weighted by atomic mass is 9.78. The van der Waals surface area contributed by atoms with E-state index in [1.165, 1.54) is 11.6 Å². The van der Waals surface area contributed by atoms with Gasteiger partial charge in [-0.1, -0.05) is 18.9 Å². The van der Waals surface area contributed by atoms with Crippen LogP contribution in [0.2, 0.25) is 0 Å². The lowest BCUT2D eigenvalue weighted by Crippen LogP contribution is -2.45. The lowest BCUT2D eigenvalue weighted by molar-refractivity contribution is -0.137. The largest absolute Gasteiger partial charge is 0.486 e. The fraction of sp³-hybridized carbons (Fsp3) is 0.538. The summed E-state index contributed by atoms with van der Waals surface area (Å²) in [6, 6.07) is 8.60. The normalized spacial score (nSPS) is 20.0. The van der Waals surface area contributed by atoms with Crippen LogP contribution in [0.5, 0.6) is 11.5 Å². The van der Waals surface area contributed by atoms with Crippen molar-refractivity contribution in [3.8, 4) is 11.5 Å². The zero-order chi connectivity index (χ0) is 24.5. The highest BCUT2D eigenvalue weighted by molar-refractivity contribution is 5.79. The summed E-state index contributed by atoms with van der Waals surface area (Å²) < 4.78 is 49.8. The first-order valence-corrected chi connectivity index (χ1v) is 12.3. The Bertz CT molecular complexity index is 1040. The first-order chi connectivity index (χ1) is 16.8. The third-order valence-electron chi connectivity index (χ3n) is 7.58. The van der Waals surface area contributed by atoms with Gasteiger partial charge in [0, 0.05) is 37.2 Å². The molecule has 1 saturated carbocycles. The zero-order valence-corrected chi connectivity index (χ0v) is 19.6. The van der Waals surface area contributed by atoms with Crippen LogP contribution >= 0.6 is 0 Å². The second-order valence-corrected chi connectivity index (χ2v) is 9.73. The van der Waals surface area contributed by atoms with Gasteiger partial charge in [-0.15, -0.1) is 0 Å². The molecule has 3 aliphatic rings. The van der Waals surface area contributed by atoms with Crippen LogP contribution in [0.3, 0.4) is 0 Å². The molecule has 35 heavy (non-hydrogen) atoms. The van der Waals surface area contributed by atoms with Gasteiger partial charge in [-0.2, -0.15) is 13.2 Å². The van der Waals surface area contributed by atoms with Crippen LogP contribution in [0.1, 0.15) is 49.7 Å². The summed E-state index contributed by atoms with van der Waals surface area (Å²) >= 11 is 0. The van der Waals surface area contributed by atoms with Gasteiger partial charge in [0.2, 0.25) is 5.91 Å². The summed E-state index contributed by atoms with van der Waals surface area (Å²) in [5.41, 5.74) is 0.327. The number of aromatic nitrogens is 1. The fourth-order valence-corrected chi connectivity index (χ4v) is 5.50. The second kappa shape index (κ2) is 9.59. The maximum Gasteiger partial charge on any atom is 0.417 e. The summed E-state index contributed by atoms with van der Waals surface area (Å²) in [5.74, 6) is 2.00. The van der Waals surface area contributed by atoms with E-state index in [-0.39, 0.29) is 17.2 Å². The molecule has 3 heterocycles. The van der Waals surface area contributed by atoms with E-state index in [0.717, 1.165) is 49.4 Å². The van der Waals surface area contributed by atoms with Crippen LogP contribution < -0.4 is 19.7 Å². The van der Waals surface area contributed by atoms with E-state index in [9.17, 15) is 18.0 Å². The van der Waals surface area contributed by atoms with Gasteiger partial charge in [-0.25, -0.2) is 4.98 Å². The number of carbonyl (C=O) groups is 1. The topological polar surface area (TPSA) is 63.7 Å². The van der Waals surface area contributed by atoms with Crippen LogP contribution in [0.25, 0.3) is 0 Å². The highest BCUT2D eigenvalue weighted by atomic mass is 19.4. The molecule has 0 bridgehead atoms. The molecule has 1 aromatic carbocycles. The van der Waals surface area contributed by atoms with Gasteiger partial charge in [-0.3, -0.25) is 4.79 Å². The van der Waals surface area contributed by atoms with E-state index in [1.54, 1.807) is 0 Å². The third-order valence-corrected chi connectivity index (χ3v) is 7.58. The van der Waals surface area contributed by atoms with Crippen LogP contribution in [0.4, 0.5) is 19.0 Å². The number of alkyl halides is 3. The molecule has 2 fully saturated rings. The monoisotopic (exact) mass is 489 g/mol. The minimum atomic E-state index is -4.40. The van der Waals surface area contributed by atoms with E-state index in [2.05, 4.69) is 22.4 Å². The van der Waals surface area contributed by atoms with Crippen molar-refractivity contribution in [1.29, 1.82) is 0 Å². The molecule has 1 aliphatic carbocycles. The molecule has 9 heteroatoms. The number of piperidine rings is 1. The molecule has 1 aromatic heterocycles. The number of pyridine rings is 1. The van der Waals surface area contributed by atoms with Crippen LogP contribution in [0.15, 0.2) is 36.5 Å². The summed E-state index contributed by atoms with van der Waals surface area (Å²) in [7, 11) is 0. The molecule has 5 rings (SSSR count). The summed E-state index contributed by atoms with van der Waals surface area (Å²) in [6.07, 6.45) is 2.05. The number of fused-ring (bicyclic) bond motifs is 1. The first-order valence-electron chi connectivity index (χ1n) is 12.3. The Morgan fingerprint density at radius 3 is 2.43 bits per heavy atom. The molecule has 0 atom stereocenters. The number of hydrogen-bond donors (Lipinski definition) is 1. The smallest absolute Gasteiger partial charge is 0.417 e. The number of anilines is 1. The predicted molar refractivity (Wildman–Crippen MR) is 125 cm³/mol. The van der Waals surface area contributed by atoms with Gasteiger partial charge in [0.15, 0.2) is 11.5 Å². The molecule has 6 nitrogen and oxygen atoms in total. The average Bonchev–Trinajstić information content (AvgIpc) is 3.37. The SMILES string of the molecule is O=C(NCC1(c2ccc3c(c2)OCCO3)CCCC1)C1CCN(c2ccc(C(F)(F)F)cn2)CC1. The molecular formula is C26H30F3N3O3. The summed E-state index contributed by atoms with van der Waals surface area (Å²) in [6.45, 7) is 2.86. The molecule has 0 spiro atoms. The fourth-order valence-electron chi connectivity index (χ4n) is 5.50. The highest BCUT2D eigenvalue weighted by Gasteiger charge is 2.38. The van der Waals surface area contributed by atoms with Crippen molar-refractivity contribution in [3.05, 3.63) is 47.7 Å². The van der Waals surface area contributed by atoms with Gasteiger partial charge in [0.25, 0.3) is 0 Å². The zero-order valence-electron chi connectivity index (χ0n) is 19.6. The number of ether oxygens (including phenoxy) is 2. The van der Waals surface area contributed by atoms with Crippen molar-refractivity contribution in [1.82, 2.24) is 10.3 Å². The number of nitrogens with zero attached hydrogens (tertiary/aromatic N) is 2. The molecular weight excluding hydrogens is 459 g/mol. The molecule has 2 aromatic rings. The number of hydrogen-bond acceptors (Lipinski definition) is 5. The predicted octanol–water partition coefficient (Wildman–Crippen LogP) is 4.72. The number of nitrogens with one attached hydrogen (secondary N) is 1. The van der Waals surface area contributed by atoms with E-state index < -0.39 is 11.7 Å². The van der Waals surface area contributed by atoms with Crippen molar-refractivity contribution < 1.29 is 27.4 Å². The third kappa shape index (κ3) is 5.04. The molecule has 1 amide bonds. The number of amides is 1. The standard InChI is InChI=1S/C26H30F3N3O3/c27-26(28,29)20-4-6-23(30-16-20)32-11-7-18(8-12-32)24(33)31-17-25(9-1-2-10-25)19-3-5-21-22(15-19)35-14-13-34-21/h3-6,15-16,18H,1-2,7-14,17H2,(H,31,33). The average molecular weight is 490 g/mol. The maximum absolute atomic E-state index is 13.0. The molecule has 1 N–H and O–H groups in total. The number of halogens is 3. The lowest BCUT2D eigenvalue weighted by Gasteiger charge is -2.34. The van der Waals surface area contributed by atoms with Gasteiger partial charge in [0.05, 0.1) is 5.56 Å². The molecule has 2 aliphatic heterocycles. The molecule has 1 saturated heterocycles. The van der Waals surface area contributed by atoms with Crippen molar-refractivity contribution in [2.75, 3.05) is 37.7 Å². The van der Waals surface area contributed by atoms with Crippen molar-refractivity contribution in [2.45, 2.75) is 50.1 Å². The van der Waals surface area contributed by atoms with E-state index >= 15 is 0 Å². The van der Waals surface area contributed by atoms with Gasteiger partial charge in [0.1, 0.15) is 19.0 Å². The van der Waals surface area contributed by atoms with Gasteiger partial charge >= 0.3 is 6.18 Å². The minimum absolute atomic E-state index is 0.0499. The van der Waals surface area contributed by atoms with E-state index in [1.807, 2.05) is 11.0 Å². The molecule has 0 unspecified atom stereocenters. The first kappa shape index (κ1) is 23.8. The van der Waals surface area contributed by atoms with E-state index in [0.29, 0.717) is 51.5 Å². The highest BCUT2D eigenvalue weighted by Crippen LogP contribution is 2.44. The van der Waals surface area contributed by atoms with Crippen LogP contribution in [0, 0.1) is 5.92 Å². The number of benzene rings is 1. The summed E-state index contributed by atoms with van der Waals surface area (Å²) in [5, 5.41) is 3.22. The number of rotatable bonds is 5. The Morgan fingerprint density at radius 1 is 1.06 bits per heavy atom. The number of carbonyl (C=O) groups excluding carboxylic acids is 1. The Labute approximate surface area is 202 Å². The van der Waals surface area contributed by atoms with Crippen LogP contribution in [-0.4, -0.2) is 43.7 Å². The quantitative estimate of drug-likeness (QED) is 0.659. The Morgan fingerprint density at radius 2 is 1.77 bits per heavy atom. The second-order valence-electron chi connectivity index (χ2n) is 9.73. The molecule has 188 valence electrons. The van der Waals surface area contributed by atoms with Crippen molar-refractivity contribution in [3.63, 3.8) is 0 Å². The summed E-state index contributed by atoms with van der Waals surface area (Å²) in [4.78, 5) is 19.0. The molecule has 0 radical (unpaired) electrons. The van der Waals surface area contributed by atoms with Crippen molar-refractivity contribution >= 4 is 11.7 Å². The minimum Gasteiger partial charge on any atom is -0.486 e.